The Morgan fingerprint density at radius 1 is 1.62 bits per heavy atom. The van der Waals surface area contributed by atoms with Crippen LogP contribution in [0.4, 0.5) is 0 Å². The lowest BCUT2D eigenvalue weighted by Crippen LogP contribution is -2.25. The molecule has 0 bridgehead atoms. The van der Waals surface area contributed by atoms with Crippen molar-refractivity contribution in [3.8, 4) is 0 Å². The van der Waals surface area contributed by atoms with E-state index >= 15 is 0 Å². The second-order valence-electron chi connectivity index (χ2n) is 4.75. The van der Waals surface area contributed by atoms with Crippen molar-refractivity contribution in [2.24, 2.45) is 11.3 Å². The summed E-state index contributed by atoms with van der Waals surface area (Å²) in [5, 5.41) is 0. The van der Waals surface area contributed by atoms with E-state index in [0.717, 1.165) is 12.8 Å². The lowest BCUT2D eigenvalue weighted by atomic mass is 9.85. The topological polar surface area (TPSA) is 26.3 Å². The molecule has 0 spiro atoms. The summed E-state index contributed by atoms with van der Waals surface area (Å²) in [6.07, 6.45) is 3.45. The summed E-state index contributed by atoms with van der Waals surface area (Å²) in [5.74, 6) is -0.0125. The number of hydrogen-bond donors (Lipinski definition) is 0. The standard InChI is InChI=1S/C11H18O2/c1-5-6-8-7-9(11(2,3)4)13-10(8)12/h5,8-9H,1,6-7H2,2-4H3/t8-,9+/m0/s1. The van der Waals surface area contributed by atoms with Crippen LogP contribution in [0.5, 0.6) is 0 Å². The first-order chi connectivity index (χ1) is 5.95. The van der Waals surface area contributed by atoms with Gasteiger partial charge in [0.15, 0.2) is 0 Å². The fourth-order valence-electron chi connectivity index (χ4n) is 1.56. The first kappa shape index (κ1) is 10.3. The van der Waals surface area contributed by atoms with Crippen LogP contribution in [-0.4, -0.2) is 12.1 Å². The number of carbonyl (C=O) groups excluding carboxylic acids is 1. The van der Waals surface area contributed by atoms with Gasteiger partial charge in [-0.2, -0.15) is 0 Å². The number of carbonyl (C=O) groups is 1. The molecular weight excluding hydrogens is 164 g/mol. The maximum atomic E-state index is 11.4. The van der Waals surface area contributed by atoms with Crippen molar-refractivity contribution in [1.82, 2.24) is 0 Å². The normalized spacial score (nSPS) is 28.7. The van der Waals surface area contributed by atoms with Crippen molar-refractivity contribution in [3.05, 3.63) is 12.7 Å². The first-order valence-corrected chi connectivity index (χ1v) is 4.76. The van der Waals surface area contributed by atoms with Gasteiger partial charge in [0.1, 0.15) is 6.10 Å². The predicted octanol–water partition coefficient (Wildman–Crippen LogP) is 2.54. The van der Waals surface area contributed by atoms with Crippen molar-refractivity contribution in [2.75, 3.05) is 0 Å². The average Bonchev–Trinajstić information content (AvgIpc) is 2.32. The van der Waals surface area contributed by atoms with Gasteiger partial charge in [-0.3, -0.25) is 4.79 Å². The fourth-order valence-corrected chi connectivity index (χ4v) is 1.56. The molecule has 1 heterocycles. The van der Waals surface area contributed by atoms with Gasteiger partial charge in [-0.1, -0.05) is 26.8 Å². The van der Waals surface area contributed by atoms with Crippen LogP contribution in [0.1, 0.15) is 33.6 Å². The molecule has 0 aromatic heterocycles. The Morgan fingerprint density at radius 2 is 2.23 bits per heavy atom. The van der Waals surface area contributed by atoms with Crippen LogP contribution in [-0.2, 0) is 9.53 Å². The van der Waals surface area contributed by atoms with Gasteiger partial charge in [0, 0.05) is 0 Å². The Balaban J connectivity index is 2.60. The molecule has 2 atom stereocenters. The minimum absolute atomic E-state index is 0.0433. The van der Waals surface area contributed by atoms with Crippen molar-refractivity contribution in [1.29, 1.82) is 0 Å². The zero-order valence-electron chi connectivity index (χ0n) is 8.67. The third-order valence-electron chi connectivity index (χ3n) is 2.51. The van der Waals surface area contributed by atoms with E-state index in [9.17, 15) is 4.79 Å². The summed E-state index contributed by atoms with van der Waals surface area (Å²) in [5.41, 5.74) is 0.0611. The Morgan fingerprint density at radius 3 is 2.62 bits per heavy atom. The van der Waals surface area contributed by atoms with Gasteiger partial charge in [-0.15, -0.1) is 6.58 Å². The monoisotopic (exact) mass is 182 g/mol. The lowest BCUT2D eigenvalue weighted by molar-refractivity contribution is -0.147. The van der Waals surface area contributed by atoms with E-state index in [2.05, 4.69) is 27.4 Å². The van der Waals surface area contributed by atoms with Crippen LogP contribution in [0.2, 0.25) is 0 Å². The molecule has 1 aliphatic rings. The molecule has 0 saturated carbocycles. The number of cyclic esters (lactones) is 1. The smallest absolute Gasteiger partial charge is 0.309 e. The summed E-state index contributed by atoms with van der Waals surface area (Å²) in [6, 6.07) is 0. The van der Waals surface area contributed by atoms with Gasteiger partial charge in [0.05, 0.1) is 5.92 Å². The van der Waals surface area contributed by atoms with Gasteiger partial charge < -0.3 is 4.74 Å². The second-order valence-corrected chi connectivity index (χ2v) is 4.75. The summed E-state index contributed by atoms with van der Waals surface area (Å²) in [4.78, 5) is 11.4. The Kier molecular flexibility index (Phi) is 2.79. The van der Waals surface area contributed by atoms with E-state index in [0.29, 0.717) is 0 Å². The highest BCUT2D eigenvalue weighted by atomic mass is 16.6. The van der Waals surface area contributed by atoms with E-state index < -0.39 is 0 Å². The third-order valence-corrected chi connectivity index (χ3v) is 2.51. The van der Waals surface area contributed by atoms with Gasteiger partial charge in [0.25, 0.3) is 0 Å². The molecule has 1 aliphatic heterocycles. The summed E-state index contributed by atoms with van der Waals surface area (Å²) in [6.45, 7) is 9.93. The zero-order valence-corrected chi connectivity index (χ0v) is 8.67. The molecule has 0 aromatic rings. The van der Waals surface area contributed by atoms with Crippen LogP contribution < -0.4 is 0 Å². The van der Waals surface area contributed by atoms with Crippen molar-refractivity contribution in [3.63, 3.8) is 0 Å². The van der Waals surface area contributed by atoms with Crippen LogP contribution >= 0.6 is 0 Å². The second kappa shape index (κ2) is 3.52. The van der Waals surface area contributed by atoms with E-state index in [-0.39, 0.29) is 23.4 Å². The van der Waals surface area contributed by atoms with Crippen LogP contribution in [0.3, 0.4) is 0 Å². The molecule has 0 unspecified atom stereocenters. The number of allylic oxidation sites excluding steroid dienone is 1. The number of ether oxygens (including phenoxy) is 1. The van der Waals surface area contributed by atoms with Gasteiger partial charge in [-0.25, -0.2) is 0 Å². The predicted molar refractivity (Wildman–Crippen MR) is 52.3 cm³/mol. The molecule has 1 fully saturated rings. The lowest BCUT2D eigenvalue weighted by Gasteiger charge is -2.24. The SMILES string of the molecule is C=CC[C@H]1C[C@H](C(C)(C)C)OC1=O. The molecule has 2 heteroatoms. The van der Waals surface area contributed by atoms with E-state index in [1.807, 2.05) is 0 Å². The highest BCUT2D eigenvalue weighted by Gasteiger charge is 2.39. The largest absolute Gasteiger partial charge is 0.462 e. The minimum Gasteiger partial charge on any atom is -0.462 e. The van der Waals surface area contributed by atoms with E-state index in [4.69, 9.17) is 4.74 Å². The highest BCUT2D eigenvalue weighted by molar-refractivity contribution is 5.74. The maximum absolute atomic E-state index is 11.4. The molecule has 0 amide bonds. The third kappa shape index (κ3) is 2.33. The van der Waals surface area contributed by atoms with Gasteiger partial charge in [-0.05, 0) is 18.3 Å². The van der Waals surface area contributed by atoms with Crippen LogP contribution in [0.15, 0.2) is 12.7 Å². The molecule has 0 N–H and O–H groups in total. The minimum atomic E-state index is -0.0557. The Labute approximate surface area is 80.0 Å². The molecule has 2 nitrogen and oxygen atoms in total. The molecular formula is C11H18O2. The van der Waals surface area contributed by atoms with Crippen LogP contribution in [0.25, 0.3) is 0 Å². The molecule has 1 saturated heterocycles. The van der Waals surface area contributed by atoms with Crippen LogP contribution in [0, 0.1) is 11.3 Å². The van der Waals surface area contributed by atoms with Gasteiger partial charge in [0.2, 0.25) is 0 Å². The zero-order chi connectivity index (χ0) is 10.1. The summed E-state index contributed by atoms with van der Waals surface area (Å²) < 4.78 is 5.30. The van der Waals surface area contributed by atoms with Gasteiger partial charge >= 0.3 is 5.97 Å². The average molecular weight is 182 g/mol. The molecule has 0 aliphatic carbocycles. The summed E-state index contributed by atoms with van der Waals surface area (Å²) >= 11 is 0. The maximum Gasteiger partial charge on any atom is 0.309 e. The molecule has 0 radical (unpaired) electrons. The Bertz CT molecular complexity index is 213. The summed E-state index contributed by atoms with van der Waals surface area (Å²) in [7, 11) is 0. The van der Waals surface area contributed by atoms with E-state index in [1.54, 1.807) is 6.08 Å². The molecule has 74 valence electrons. The van der Waals surface area contributed by atoms with Crippen molar-refractivity contribution >= 4 is 5.97 Å². The quantitative estimate of drug-likeness (QED) is 0.484. The molecule has 0 aromatic carbocycles. The fraction of sp³-hybridized carbons (Fsp3) is 0.727. The molecule has 1 rings (SSSR count). The van der Waals surface area contributed by atoms with Crippen molar-refractivity contribution < 1.29 is 9.53 Å². The Hall–Kier alpha value is -0.790. The highest BCUT2D eigenvalue weighted by Crippen LogP contribution is 2.35. The van der Waals surface area contributed by atoms with E-state index in [1.165, 1.54) is 0 Å². The molecule has 13 heavy (non-hydrogen) atoms. The van der Waals surface area contributed by atoms with Crippen molar-refractivity contribution in [2.45, 2.75) is 39.7 Å². The number of esters is 1. The number of hydrogen-bond acceptors (Lipinski definition) is 2. The first-order valence-electron chi connectivity index (χ1n) is 4.76. The number of rotatable bonds is 2.